The highest BCUT2D eigenvalue weighted by atomic mass is 16.4. The number of hydrogen-bond donors (Lipinski definition) is 1. The first-order valence-electron chi connectivity index (χ1n) is 6.60. The van der Waals surface area contributed by atoms with Crippen LogP contribution in [-0.2, 0) is 11.3 Å². The Morgan fingerprint density at radius 1 is 1.35 bits per heavy atom. The third-order valence-electron chi connectivity index (χ3n) is 3.51. The number of carboxylic acid groups (broad SMARTS) is 1. The normalized spacial score (nSPS) is 11.7. The molecule has 0 atom stereocenters. The summed E-state index contributed by atoms with van der Waals surface area (Å²) >= 11 is 0. The molecule has 0 aliphatic carbocycles. The molecule has 2 aromatic rings. The van der Waals surface area contributed by atoms with Gasteiger partial charge in [0.15, 0.2) is 0 Å². The lowest BCUT2D eigenvalue weighted by Gasteiger charge is -2.19. The summed E-state index contributed by atoms with van der Waals surface area (Å²) in [4.78, 5) is 22.8. The molecule has 2 rings (SSSR count). The fourth-order valence-corrected chi connectivity index (χ4v) is 2.12. The van der Waals surface area contributed by atoms with Gasteiger partial charge in [-0.15, -0.1) is 0 Å². The van der Waals surface area contributed by atoms with Gasteiger partial charge in [0.25, 0.3) is 0 Å². The minimum absolute atomic E-state index is 0.0947. The molecule has 0 saturated carbocycles. The first-order valence-corrected chi connectivity index (χ1v) is 6.60. The number of fused-ring (bicyclic) bond motifs is 1. The lowest BCUT2D eigenvalue weighted by molar-refractivity contribution is -0.147. The van der Waals surface area contributed by atoms with Crippen LogP contribution in [0.2, 0.25) is 0 Å². The number of para-hydroxylation sites is 1. The van der Waals surface area contributed by atoms with Gasteiger partial charge in [0.1, 0.15) is 0 Å². The fourth-order valence-electron chi connectivity index (χ4n) is 2.12. The van der Waals surface area contributed by atoms with Crippen LogP contribution in [-0.4, -0.2) is 20.9 Å². The first kappa shape index (κ1) is 14.2. The van der Waals surface area contributed by atoms with Crippen molar-refractivity contribution in [1.29, 1.82) is 0 Å². The van der Waals surface area contributed by atoms with Crippen molar-refractivity contribution in [3.05, 3.63) is 40.7 Å². The van der Waals surface area contributed by atoms with Gasteiger partial charge in [-0.25, -0.2) is 0 Å². The zero-order valence-electron chi connectivity index (χ0n) is 11.7. The summed E-state index contributed by atoms with van der Waals surface area (Å²) in [7, 11) is 0. The Hall–Kier alpha value is -2.17. The zero-order valence-corrected chi connectivity index (χ0v) is 11.7. The maximum atomic E-state index is 11.7. The van der Waals surface area contributed by atoms with Gasteiger partial charge >= 0.3 is 5.97 Å². The molecule has 5 heteroatoms. The van der Waals surface area contributed by atoms with E-state index in [0.717, 1.165) is 5.52 Å². The van der Waals surface area contributed by atoms with Crippen LogP contribution in [0.15, 0.2) is 35.3 Å². The second kappa shape index (κ2) is 5.45. The Labute approximate surface area is 116 Å². The van der Waals surface area contributed by atoms with E-state index in [1.165, 1.54) is 6.20 Å². The van der Waals surface area contributed by atoms with Gasteiger partial charge in [-0.05, 0) is 38.8 Å². The Kier molecular flexibility index (Phi) is 3.88. The van der Waals surface area contributed by atoms with Crippen molar-refractivity contribution in [1.82, 2.24) is 9.78 Å². The minimum Gasteiger partial charge on any atom is -0.481 e. The molecule has 0 spiro atoms. The van der Waals surface area contributed by atoms with E-state index in [1.54, 1.807) is 24.6 Å². The van der Waals surface area contributed by atoms with E-state index in [1.807, 2.05) is 18.2 Å². The SMILES string of the molecule is CC(C)(CCCn1ncc(=O)c2ccccc21)C(=O)O. The maximum absolute atomic E-state index is 11.7. The molecule has 0 unspecified atom stereocenters. The monoisotopic (exact) mass is 274 g/mol. The number of aliphatic carboxylic acids is 1. The first-order chi connectivity index (χ1) is 9.42. The van der Waals surface area contributed by atoms with E-state index in [0.29, 0.717) is 24.8 Å². The van der Waals surface area contributed by atoms with E-state index in [9.17, 15) is 9.59 Å². The topological polar surface area (TPSA) is 72.2 Å². The van der Waals surface area contributed by atoms with Crippen LogP contribution in [0.5, 0.6) is 0 Å². The van der Waals surface area contributed by atoms with Crippen molar-refractivity contribution in [2.24, 2.45) is 5.41 Å². The summed E-state index contributed by atoms with van der Waals surface area (Å²) in [6.45, 7) is 4.02. The van der Waals surface area contributed by atoms with Crippen molar-refractivity contribution in [2.75, 3.05) is 0 Å². The van der Waals surface area contributed by atoms with Crippen LogP contribution in [0.3, 0.4) is 0 Å². The van der Waals surface area contributed by atoms with Crippen LogP contribution >= 0.6 is 0 Å². The quantitative estimate of drug-likeness (QED) is 0.908. The number of benzene rings is 1. The Bertz CT molecular complexity index is 689. The third kappa shape index (κ3) is 2.87. The maximum Gasteiger partial charge on any atom is 0.309 e. The van der Waals surface area contributed by atoms with Gasteiger partial charge in [0.05, 0.1) is 17.1 Å². The standard InChI is InChI=1S/C15H18N2O3/c1-15(2,14(19)20)8-5-9-17-12-7-4-3-6-11(12)13(18)10-16-17/h3-4,6-7,10H,5,8-9H2,1-2H3,(H,19,20). The molecule has 0 radical (unpaired) electrons. The summed E-state index contributed by atoms with van der Waals surface area (Å²) < 4.78 is 1.76. The van der Waals surface area contributed by atoms with Crippen molar-refractivity contribution in [2.45, 2.75) is 33.2 Å². The molecule has 0 fully saturated rings. The molecule has 1 aromatic carbocycles. The van der Waals surface area contributed by atoms with E-state index < -0.39 is 11.4 Å². The second-order valence-corrected chi connectivity index (χ2v) is 5.54. The average Bonchev–Trinajstić information content (AvgIpc) is 2.41. The predicted molar refractivity (Wildman–Crippen MR) is 76.7 cm³/mol. The minimum atomic E-state index is -0.796. The fraction of sp³-hybridized carbons (Fsp3) is 0.400. The number of carbonyl (C=O) groups is 1. The van der Waals surface area contributed by atoms with Crippen molar-refractivity contribution >= 4 is 16.9 Å². The summed E-state index contributed by atoms with van der Waals surface area (Å²) in [6, 6.07) is 7.31. The molecular weight excluding hydrogens is 256 g/mol. The predicted octanol–water partition coefficient (Wildman–Crippen LogP) is 2.29. The Balaban J connectivity index is 2.17. The van der Waals surface area contributed by atoms with Gasteiger partial charge in [-0.1, -0.05) is 12.1 Å². The number of aromatic nitrogens is 2. The summed E-state index contributed by atoms with van der Waals surface area (Å²) in [5, 5.41) is 13.8. The lowest BCUT2D eigenvalue weighted by atomic mass is 9.88. The molecule has 0 amide bonds. The van der Waals surface area contributed by atoms with Crippen LogP contribution in [0.4, 0.5) is 0 Å². The molecule has 1 heterocycles. The van der Waals surface area contributed by atoms with E-state index in [2.05, 4.69) is 5.10 Å². The highest BCUT2D eigenvalue weighted by Gasteiger charge is 2.26. The molecule has 5 nitrogen and oxygen atoms in total. The largest absolute Gasteiger partial charge is 0.481 e. The van der Waals surface area contributed by atoms with Gasteiger partial charge in [-0.2, -0.15) is 5.10 Å². The molecule has 1 aromatic heterocycles. The smallest absolute Gasteiger partial charge is 0.309 e. The molecule has 20 heavy (non-hydrogen) atoms. The highest BCUT2D eigenvalue weighted by Crippen LogP contribution is 2.23. The van der Waals surface area contributed by atoms with Gasteiger partial charge in [0, 0.05) is 11.9 Å². The van der Waals surface area contributed by atoms with E-state index >= 15 is 0 Å². The number of nitrogens with zero attached hydrogens (tertiary/aromatic N) is 2. The average molecular weight is 274 g/mol. The second-order valence-electron chi connectivity index (χ2n) is 5.54. The number of hydrogen-bond acceptors (Lipinski definition) is 3. The van der Waals surface area contributed by atoms with Crippen molar-refractivity contribution in [3.8, 4) is 0 Å². The summed E-state index contributed by atoms with van der Waals surface area (Å²) in [6.07, 6.45) is 2.56. The number of carboxylic acids is 1. The number of aryl methyl sites for hydroxylation is 1. The molecule has 0 aliphatic heterocycles. The highest BCUT2D eigenvalue weighted by molar-refractivity contribution is 5.77. The van der Waals surface area contributed by atoms with Gasteiger partial charge < -0.3 is 5.11 Å². The van der Waals surface area contributed by atoms with Crippen LogP contribution < -0.4 is 5.43 Å². The Morgan fingerprint density at radius 3 is 2.75 bits per heavy atom. The molecular formula is C15H18N2O3. The van der Waals surface area contributed by atoms with Crippen molar-refractivity contribution in [3.63, 3.8) is 0 Å². The van der Waals surface area contributed by atoms with Gasteiger partial charge in [0.2, 0.25) is 5.43 Å². The van der Waals surface area contributed by atoms with Gasteiger partial charge in [-0.3, -0.25) is 14.3 Å². The number of rotatable bonds is 5. The molecule has 1 N–H and O–H groups in total. The van der Waals surface area contributed by atoms with Crippen LogP contribution in [0.1, 0.15) is 26.7 Å². The third-order valence-corrected chi connectivity index (χ3v) is 3.51. The van der Waals surface area contributed by atoms with Crippen LogP contribution in [0.25, 0.3) is 10.9 Å². The molecule has 0 saturated heterocycles. The van der Waals surface area contributed by atoms with Crippen LogP contribution in [0, 0.1) is 5.41 Å². The summed E-state index contributed by atoms with van der Waals surface area (Å²) in [5.74, 6) is -0.796. The van der Waals surface area contributed by atoms with Crippen molar-refractivity contribution < 1.29 is 9.90 Å². The molecule has 106 valence electrons. The lowest BCUT2D eigenvalue weighted by Crippen LogP contribution is -2.24. The summed E-state index contributed by atoms with van der Waals surface area (Å²) in [5.41, 5.74) is -0.0506. The zero-order chi connectivity index (χ0) is 14.8. The van der Waals surface area contributed by atoms with E-state index in [-0.39, 0.29) is 5.43 Å². The molecule has 0 aliphatic rings. The Morgan fingerprint density at radius 2 is 2.05 bits per heavy atom. The molecule has 0 bridgehead atoms. The van der Waals surface area contributed by atoms with E-state index in [4.69, 9.17) is 5.11 Å².